The molecule has 0 aromatic heterocycles. The van der Waals surface area contributed by atoms with Crippen LogP contribution in [0.5, 0.6) is 5.75 Å². The molecule has 0 fully saturated rings. The first-order valence-electron chi connectivity index (χ1n) is 5.05. The highest BCUT2D eigenvalue weighted by atomic mass is 19.1. The van der Waals surface area contributed by atoms with Gasteiger partial charge in [-0.25, -0.2) is 4.39 Å². The average molecular weight is 196 g/mol. The van der Waals surface area contributed by atoms with Crippen molar-refractivity contribution < 1.29 is 9.13 Å². The van der Waals surface area contributed by atoms with E-state index in [9.17, 15) is 4.39 Å². The van der Waals surface area contributed by atoms with Crippen LogP contribution in [0.2, 0.25) is 0 Å². The fraction of sp³-hybridized carbons (Fsp3) is 0.500. The van der Waals surface area contributed by atoms with Crippen LogP contribution in [-0.2, 0) is 0 Å². The van der Waals surface area contributed by atoms with E-state index in [-0.39, 0.29) is 5.82 Å². The normalized spacial score (nSPS) is 10.6. The third-order valence-electron chi connectivity index (χ3n) is 2.59. The standard InChI is InChI=1S/C12H17FO/c1-4-9(5-2)10-6-11(13)8-12(7-10)14-3/h6-9H,4-5H2,1-3H3. The van der Waals surface area contributed by atoms with E-state index in [2.05, 4.69) is 13.8 Å². The molecule has 0 spiro atoms. The first-order valence-corrected chi connectivity index (χ1v) is 5.05. The maximum atomic E-state index is 13.2. The van der Waals surface area contributed by atoms with Crippen LogP contribution in [0.4, 0.5) is 4.39 Å². The van der Waals surface area contributed by atoms with Crippen molar-refractivity contribution in [1.29, 1.82) is 0 Å². The first kappa shape index (κ1) is 11.0. The van der Waals surface area contributed by atoms with E-state index in [0.29, 0.717) is 11.7 Å². The topological polar surface area (TPSA) is 9.23 Å². The van der Waals surface area contributed by atoms with Gasteiger partial charge in [0.15, 0.2) is 0 Å². The molecule has 0 amide bonds. The van der Waals surface area contributed by atoms with Crippen molar-refractivity contribution in [2.24, 2.45) is 0 Å². The van der Waals surface area contributed by atoms with Gasteiger partial charge < -0.3 is 4.74 Å². The van der Waals surface area contributed by atoms with Gasteiger partial charge >= 0.3 is 0 Å². The van der Waals surface area contributed by atoms with Gasteiger partial charge in [-0.3, -0.25) is 0 Å². The molecule has 0 saturated heterocycles. The molecule has 0 aliphatic heterocycles. The molecule has 1 nitrogen and oxygen atoms in total. The van der Waals surface area contributed by atoms with Crippen molar-refractivity contribution in [3.8, 4) is 5.75 Å². The molecule has 14 heavy (non-hydrogen) atoms. The van der Waals surface area contributed by atoms with Crippen LogP contribution in [0.25, 0.3) is 0 Å². The fourth-order valence-electron chi connectivity index (χ4n) is 1.70. The molecule has 0 bridgehead atoms. The smallest absolute Gasteiger partial charge is 0.127 e. The van der Waals surface area contributed by atoms with Gasteiger partial charge in [0, 0.05) is 6.07 Å². The van der Waals surface area contributed by atoms with Gasteiger partial charge in [0.1, 0.15) is 11.6 Å². The van der Waals surface area contributed by atoms with Crippen LogP contribution in [0, 0.1) is 5.82 Å². The molecule has 2 heteroatoms. The minimum absolute atomic E-state index is 0.216. The number of benzene rings is 1. The molecule has 0 radical (unpaired) electrons. The van der Waals surface area contributed by atoms with Gasteiger partial charge in [-0.2, -0.15) is 0 Å². The summed E-state index contributed by atoms with van der Waals surface area (Å²) in [6, 6.07) is 4.92. The number of halogens is 1. The number of methoxy groups -OCH3 is 1. The zero-order valence-electron chi connectivity index (χ0n) is 9.01. The Bertz CT molecular complexity index is 292. The van der Waals surface area contributed by atoms with Crippen molar-refractivity contribution in [3.05, 3.63) is 29.6 Å². The molecule has 0 aliphatic rings. The monoisotopic (exact) mass is 196 g/mol. The van der Waals surface area contributed by atoms with E-state index in [4.69, 9.17) is 4.74 Å². The maximum absolute atomic E-state index is 13.2. The van der Waals surface area contributed by atoms with Gasteiger partial charge in [-0.1, -0.05) is 13.8 Å². The summed E-state index contributed by atoms with van der Waals surface area (Å²) in [6.45, 7) is 4.23. The summed E-state index contributed by atoms with van der Waals surface area (Å²) in [6.07, 6.45) is 2.06. The molecule has 1 aromatic rings. The highest BCUT2D eigenvalue weighted by Crippen LogP contribution is 2.27. The molecule has 1 aromatic carbocycles. The number of hydrogen-bond acceptors (Lipinski definition) is 1. The molecule has 0 N–H and O–H groups in total. The second kappa shape index (κ2) is 4.99. The highest BCUT2D eigenvalue weighted by Gasteiger charge is 2.09. The summed E-state index contributed by atoms with van der Waals surface area (Å²) in [5, 5.41) is 0. The van der Waals surface area contributed by atoms with Crippen LogP contribution in [-0.4, -0.2) is 7.11 Å². The van der Waals surface area contributed by atoms with Crippen LogP contribution in [0.1, 0.15) is 38.2 Å². The van der Waals surface area contributed by atoms with Gasteiger partial charge in [0.25, 0.3) is 0 Å². The SMILES string of the molecule is CCC(CC)c1cc(F)cc(OC)c1. The van der Waals surface area contributed by atoms with Crippen LogP contribution < -0.4 is 4.74 Å². The third kappa shape index (κ3) is 2.47. The molecule has 78 valence electrons. The predicted molar refractivity (Wildman–Crippen MR) is 56.3 cm³/mol. The Kier molecular flexibility index (Phi) is 3.93. The van der Waals surface area contributed by atoms with Crippen LogP contribution >= 0.6 is 0 Å². The predicted octanol–water partition coefficient (Wildman–Crippen LogP) is 3.74. The van der Waals surface area contributed by atoms with Gasteiger partial charge in [-0.05, 0) is 36.5 Å². The highest BCUT2D eigenvalue weighted by molar-refractivity contribution is 5.31. The van der Waals surface area contributed by atoms with E-state index in [1.807, 2.05) is 6.07 Å². The lowest BCUT2D eigenvalue weighted by atomic mass is 9.94. The van der Waals surface area contributed by atoms with Gasteiger partial charge in [0.05, 0.1) is 7.11 Å². The average Bonchev–Trinajstić information content (AvgIpc) is 2.19. The quantitative estimate of drug-likeness (QED) is 0.712. The van der Waals surface area contributed by atoms with Gasteiger partial charge in [0.2, 0.25) is 0 Å². The Morgan fingerprint density at radius 2 is 1.86 bits per heavy atom. The van der Waals surface area contributed by atoms with E-state index in [1.165, 1.54) is 6.07 Å². The van der Waals surface area contributed by atoms with E-state index < -0.39 is 0 Å². The Labute approximate surface area is 84.9 Å². The molecular formula is C12H17FO. The zero-order chi connectivity index (χ0) is 10.6. The third-order valence-corrected chi connectivity index (χ3v) is 2.59. The van der Waals surface area contributed by atoms with Crippen molar-refractivity contribution in [1.82, 2.24) is 0 Å². The van der Waals surface area contributed by atoms with Crippen LogP contribution in [0.15, 0.2) is 18.2 Å². The summed E-state index contributed by atoms with van der Waals surface area (Å²) in [4.78, 5) is 0. The van der Waals surface area contributed by atoms with Crippen molar-refractivity contribution in [2.75, 3.05) is 7.11 Å². The maximum Gasteiger partial charge on any atom is 0.127 e. The summed E-state index contributed by atoms with van der Waals surface area (Å²) in [7, 11) is 1.56. The minimum Gasteiger partial charge on any atom is -0.497 e. The van der Waals surface area contributed by atoms with Crippen molar-refractivity contribution >= 4 is 0 Å². The Morgan fingerprint density at radius 1 is 1.21 bits per heavy atom. The lowest BCUT2D eigenvalue weighted by molar-refractivity contribution is 0.409. The summed E-state index contributed by atoms with van der Waals surface area (Å²) >= 11 is 0. The number of rotatable bonds is 4. The number of ether oxygens (including phenoxy) is 1. The zero-order valence-corrected chi connectivity index (χ0v) is 9.01. The minimum atomic E-state index is -0.216. The summed E-state index contributed by atoms with van der Waals surface area (Å²) in [5.74, 6) is 0.817. The molecule has 0 heterocycles. The lowest BCUT2D eigenvalue weighted by Crippen LogP contribution is -1.97. The summed E-state index contributed by atoms with van der Waals surface area (Å²) in [5.41, 5.74) is 1.03. The van der Waals surface area contributed by atoms with Crippen molar-refractivity contribution in [2.45, 2.75) is 32.6 Å². The van der Waals surface area contributed by atoms with E-state index in [0.717, 1.165) is 18.4 Å². The molecular weight excluding hydrogens is 179 g/mol. The van der Waals surface area contributed by atoms with E-state index >= 15 is 0 Å². The number of hydrogen-bond donors (Lipinski definition) is 0. The second-order valence-corrected chi connectivity index (χ2v) is 3.44. The molecule has 0 saturated carbocycles. The van der Waals surface area contributed by atoms with Crippen LogP contribution in [0.3, 0.4) is 0 Å². The molecule has 1 rings (SSSR count). The van der Waals surface area contributed by atoms with Crippen molar-refractivity contribution in [3.63, 3.8) is 0 Å². The second-order valence-electron chi connectivity index (χ2n) is 3.44. The summed E-state index contributed by atoms with van der Waals surface area (Å²) < 4.78 is 18.2. The lowest BCUT2D eigenvalue weighted by Gasteiger charge is -2.13. The first-order chi connectivity index (χ1) is 6.71. The Hall–Kier alpha value is -1.05. The Morgan fingerprint density at radius 3 is 2.36 bits per heavy atom. The fourth-order valence-corrected chi connectivity index (χ4v) is 1.70. The van der Waals surface area contributed by atoms with Gasteiger partial charge in [-0.15, -0.1) is 0 Å². The molecule has 0 unspecified atom stereocenters. The largest absolute Gasteiger partial charge is 0.497 e. The molecule has 0 aliphatic carbocycles. The Balaban J connectivity index is 3.01. The molecule has 0 atom stereocenters. The van der Waals surface area contributed by atoms with E-state index in [1.54, 1.807) is 13.2 Å².